The third kappa shape index (κ3) is 3.08. The molecule has 0 N–H and O–H groups in total. The van der Waals surface area contributed by atoms with Crippen molar-refractivity contribution in [2.24, 2.45) is 5.92 Å². The molecule has 1 unspecified atom stereocenters. The van der Waals surface area contributed by atoms with E-state index in [9.17, 15) is 9.59 Å². The van der Waals surface area contributed by atoms with Crippen molar-refractivity contribution in [2.45, 2.75) is 20.3 Å². The topological polar surface area (TPSA) is 40.6 Å². The molecule has 21 heavy (non-hydrogen) atoms. The van der Waals surface area contributed by atoms with Gasteiger partial charge in [-0.25, -0.2) is 0 Å². The highest BCUT2D eigenvalue weighted by atomic mass is 16.2. The van der Waals surface area contributed by atoms with Gasteiger partial charge in [-0.1, -0.05) is 6.07 Å². The fourth-order valence-corrected chi connectivity index (χ4v) is 2.57. The number of nitrogens with zero attached hydrogens (tertiary/aromatic N) is 2. The van der Waals surface area contributed by atoms with E-state index in [1.807, 2.05) is 26.0 Å². The van der Waals surface area contributed by atoms with Crippen LogP contribution in [-0.4, -0.2) is 36.3 Å². The van der Waals surface area contributed by atoms with Crippen LogP contribution >= 0.6 is 0 Å². The van der Waals surface area contributed by atoms with Crippen LogP contribution < -0.4 is 4.90 Å². The minimum atomic E-state index is -0.0420. The van der Waals surface area contributed by atoms with Gasteiger partial charge in [0.1, 0.15) is 0 Å². The fraction of sp³-hybridized carbons (Fsp3) is 0.412. The Bertz CT molecular complexity index is 585. The summed E-state index contributed by atoms with van der Waals surface area (Å²) in [6, 6.07) is 7.21. The summed E-state index contributed by atoms with van der Waals surface area (Å²) in [6.45, 7) is 5.76. The molecule has 4 nitrogen and oxygen atoms in total. The van der Waals surface area contributed by atoms with E-state index in [-0.39, 0.29) is 17.7 Å². The van der Waals surface area contributed by atoms with E-state index in [1.165, 1.54) is 0 Å². The van der Waals surface area contributed by atoms with E-state index < -0.39 is 0 Å². The summed E-state index contributed by atoms with van der Waals surface area (Å²) in [5.41, 5.74) is 1.35. The molecular formula is C17H20N2O2. The average molecular weight is 284 g/mol. The van der Waals surface area contributed by atoms with Gasteiger partial charge in [-0.05, 0) is 32.0 Å². The molecule has 1 aliphatic heterocycles. The van der Waals surface area contributed by atoms with Gasteiger partial charge in [-0.2, -0.15) is 0 Å². The first-order valence-corrected chi connectivity index (χ1v) is 7.26. The maximum Gasteiger partial charge on any atom is 0.253 e. The Morgan fingerprint density at radius 2 is 2.14 bits per heavy atom. The molecule has 1 aromatic rings. The van der Waals surface area contributed by atoms with Crippen molar-refractivity contribution in [3.05, 3.63) is 29.8 Å². The van der Waals surface area contributed by atoms with Crippen molar-refractivity contribution in [1.82, 2.24) is 4.90 Å². The zero-order valence-corrected chi connectivity index (χ0v) is 12.5. The van der Waals surface area contributed by atoms with Gasteiger partial charge in [0.05, 0.1) is 0 Å². The van der Waals surface area contributed by atoms with Crippen molar-refractivity contribution < 1.29 is 9.59 Å². The molecule has 0 spiro atoms. The van der Waals surface area contributed by atoms with E-state index in [1.54, 1.807) is 21.9 Å². The van der Waals surface area contributed by atoms with Crippen LogP contribution in [-0.2, 0) is 4.79 Å². The van der Waals surface area contributed by atoms with Crippen molar-refractivity contribution >= 4 is 17.5 Å². The second-order valence-corrected chi connectivity index (χ2v) is 5.10. The molecule has 2 rings (SSSR count). The van der Waals surface area contributed by atoms with E-state index in [4.69, 9.17) is 6.42 Å². The van der Waals surface area contributed by atoms with Crippen LogP contribution in [0.15, 0.2) is 24.3 Å². The van der Waals surface area contributed by atoms with Gasteiger partial charge in [-0.3, -0.25) is 9.59 Å². The number of benzene rings is 1. The van der Waals surface area contributed by atoms with Crippen molar-refractivity contribution in [1.29, 1.82) is 0 Å². The molecule has 0 saturated carbocycles. The highest BCUT2D eigenvalue weighted by molar-refractivity contribution is 5.99. The van der Waals surface area contributed by atoms with Crippen LogP contribution in [0.5, 0.6) is 0 Å². The third-order valence-electron chi connectivity index (χ3n) is 3.82. The molecule has 0 radical (unpaired) electrons. The van der Waals surface area contributed by atoms with E-state index >= 15 is 0 Å². The molecule has 1 heterocycles. The van der Waals surface area contributed by atoms with Gasteiger partial charge in [0.25, 0.3) is 5.91 Å². The summed E-state index contributed by atoms with van der Waals surface area (Å²) in [5.74, 6) is 2.60. The summed E-state index contributed by atoms with van der Waals surface area (Å²) in [6.07, 6.45) is 5.78. The zero-order chi connectivity index (χ0) is 15.4. The standard InChI is InChI=1S/C17H20N2O2/c1-4-13-10-16(20)19(12-13)15-9-7-8-14(11-15)17(21)18(5-2)6-3/h1,7-9,11,13H,5-6,10,12H2,2-3H3. The van der Waals surface area contributed by atoms with Gasteiger partial charge in [0, 0.05) is 43.2 Å². The second-order valence-electron chi connectivity index (χ2n) is 5.10. The van der Waals surface area contributed by atoms with Crippen LogP contribution in [0.2, 0.25) is 0 Å². The maximum atomic E-state index is 12.4. The number of anilines is 1. The summed E-state index contributed by atoms with van der Waals surface area (Å²) >= 11 is 0. The van der Waals surface area contributed by atoms with Crippen LogP contribution in [0.25, 0.3) is 0 Å². The SMILES string of the molecule is C#CC1CC(=O)N(c2cccc(C(=O)N(CC)CC)c2)C1. The third-order valence-corrected chi connectivity index (χ3v) is 3.82. The Morgan fingerprint density at radius 1 is 1.43 bits per heavy atom. The molecule has 2 amide bonds. The molecule has 0 bridgehead atoms. The first-order valence-electron chi connectivity index (χ1n) is 7.26. The summed E-state index contributed by atoms with van der Waals surface area (Å²) in [4.78, 5) is 27.8. The van der Waals surface area contributed by atoms with Gasteiger partial charge in [0.15, 0.2) is 0 Å². The summed E-state index contributed by atoms with van der Waals surface area (Å²) in [5, 5.41) is 0. The van der Waals surface area contributed by atoms with Gasteiger partial charge in [0.2, 0.25) is 5.91 Å². The number of rotatable bonds is 4. The smallest absolute Gasteiger partial charge is 0.253 e. The van der Waals surface area contributed by atoms with Crippen LogP contribution in [0.4, 0.5) is 5.69 Å². The predicted molar refractivity (Wildman–Crippen MR) is 83.0 cm³/mol. The highest BCUT2D eigenvalue weighted by Crippen LogP contribution is 2.25. The normalized spacial score (nSPS) is 17.7. The number of amides is 2. The maximum absolute atomic E-state index is 12.4. The molecular weight excluding hydrogens is 264 g/mol. The molecule has 1 saturated heterocycles. The average Bonchev–Trinajstić information content (AvgIpc) is 2.89. The second kappa shape index (κ2) is 6.45. The van der Waals surface area contributed by atoms with Crippen molar-refractivity contribution in [3.8, 4) is 12.3 Å². The Balaban J connectivity index is 2.24. The largest absolute Gasteiger partial charge is 0.339 e. The molecule has 1 atom stereocenters. The van der Waals surface area contributed by atoms with E-state index in [0.29, 0.717) is 31.6 Å². The minimum absolute atomic E-state index is 0.0120. The molecule has 0 aromatic heterocycles. The predicted octanol–water partition coefficient (Wildman–Crippen LogP) is 2.15. The molecule has 4 heteroatoms. The number of carbonyl (C=O) groups excluding carboxylic acids is 2. The lowest BCUT2D eigenvalue weighted by Gasteiger charge is -2.21. The first-order chi connectivity index (χ1) is 10.1. The number of hydrogen-bond donors (Lipinski definition) is 0. The van der Waals surface area contributed by atoms with Gasteiger partial charge < -0.3 is 9.80 Å². The van der Waals surface area contributed by atoms with Crippen LogP contribution in [0.1, 0.15) is 30.6 Å². The quantitative estimate of drug-likeness (QED) is 0.795. The van der Waals surface area contributed by atoms with Gasteiger partial charge in [-0.15, -0.1) is 12.3 Å². The Kier molecular flexibility index (Phi) is 4.64. The summed E-state index contributed by atoms with van der Waals surface area (Å²) in [7, 11) is 0. The fourth-order valence-electron chi connectivity index (χ4n) is 2.57. The number of terminal acetylenes is 1. The molecule has 1 aromatic carbocycles. The van der Waals surface area contributed by atoms with Crippen molar-refractivity contribution in [3.63, 3.8) is 0 Å². The number of carbonyl (C=O) groups is 2. The highest BCUT2D eigenvalue weighted by Gasteiger charge is 2.29. The van der Waals surface area contributed by atoms with Crippen molar-refractivity contribution in [2.75, 3.05) is 24.5 Å². The lowest BCUT2D eigenvalue weighted by atomic mass is 10.1. The van der Waals surface area contributed by atoms with E-state index in [0.717, 1.165) is 5.69 Å². The Hall–Kier alpha value is -2.28. The number of hydrogen-bond acceptors (Lipinski definition) is 2. The first kappa shape index (κ1) is 15.1. The molecule has 1 fully saturated rings. The Morgan fingerprint density at radius 3 is 2.71 bits per heavy atom. The minimum Gasteiger partial charge on any atom is -0.339 e. The summed E-state index contributed by atoms with van der Waals surface area (Å²) < 4.78 is 0. The lowest BCUT2D eigenvalue weighted by molar-refractivity contribution is -0.117. The zero-order valence-electron chi connectivity index (χ0n) is 12.5. The van der Waals surface area contributed by atoms with Gasteiger partial charge >= 0.3 is 0 Å². The lowest BCUT2D eigenvalue weighted by Crippen LogP contribution is -2.31. The monoisotopic (exact) mass is 284 g/mol. The molecule has 1 aliphatic rings. The molecule has 0 aliphatic carbocycles. The van der Waals surface area contributed by atoms with E-state index in [2.05, 4.69) is 5.92 Å². The van der Waals surface area contributed by atoms with Crippen LogP contribution in [0.3, 0.4) is 0 Å². The molecule has 110 valence electrons. The Labute approximate surface area is 125 Å². The van der Waals surface area contributed by atoms with Crippen LogP contribution in [0, 0.1) is 18.3 Å².